The molecule has 0 radical (unpaired) electrons. The Morgan fingerprint density at radius 1 is 0.703 bits per heavy atom. The van der Waals surface area contributed by atoms with Crippen LogP contribution in [0.25, 0.3) is 11.1 Å². The van der Waals surface area contributed by atoms with E-state index >= 15 is 0 Å². The number of rotatable bonds is 4. The summed E-state index contributed by atoms with van der Waals surface area (Å²) in [6.45, 7) is 3.01. The smallest absolute Gasteiger partial charge is 0.254 e. The third kappa shape index (κ3) is 5.64. The van der Waals surface area contributed by atoms with Crippen molar-refractivity contribution in [2.24, 2.45) is 0 Å². The molecule has 2 atom stereocenters. The van der Waals surface area contributed by atoms with Gasteiger partial charge in [-0.1, -0.05) is 46.9 Å². The van der Waals surface area contributed by atoms with E-state index in [0.29, 0.717) is 58.9 Å². The number of likely N-dealkylation sites (tertiary alicyclic amines) is 1. The van der Waals surface area contributed by atoms with Crippen LogP contribution in [0.5, 0.6) is 0 Å². The van der Waals surface area contributed by atoms with E-state index in [9.17, 15) is 14.7 Å². The van der Waals surface area contributed by atoms with Crippen molar-refractivity contribution < 1.29 is 14.7 Å². The van der Waals surface area contributed by atoms with Crippen LogP contribution in [0.2, 0.25) is 15.1 Å². The summed E-state index contributed by atoms with van der Waals surface area (Å²) >= 11 is 18.2. The van der Waals surface area contributed by atoms with Gasteiger partial charge in [-0.2, -0.15) is 0 Å². The lowest BCUT2D eigenvalue weighted by Gasteiger charge is -2.38. The molecule has 37 heavy (non-hydrogen) atoms. The highest BCUT2D eigenvalue weighted by atomic mass is 35.5. The first-order valence-electron chi connectivity index (χ1n) is 12.1. The number of carbonyl (C=O) groups is 2. The van der Waals surface area contributed by atoms with Gasteiger partial charge in [0.15, 0.2) is 0 Å². The fraction of sp³-hybridized carbons (Fsp3) is 0.286. The van der Waals surface area contributed by atoms with Crippen molar-refractivity contribution in [3.63, 3.8) is 0 Å². The summed E-state index contributed by atoms with van der Waals surface area (Å²) in [5, 5.41) is 12.6. The number of nitrogens with zero attached hydrogens (tertiary/aromatic N) is 3. The van der Waals surface area contributed by atoms with Crippen LogP contribution in [0, 0.1) is 0 Å². The lowest BCUT2D eigenvalue weighted by Crippen LogP contribution is -2.54. The molecule has 2 fully saturated rings. The van der Waals surface area contributed by atoms with Crippen molar-refractivity contribution >= 4 is 46.6 Å². The van der Waals surface area contributed by atoms with Crippen molar-refractivity contribution in [2.75, 3.05) is 39.3 Å². The van der Waals surface area contributed by atoms with Crippen LogP contribution in [-0.4, -0.2) is 83.0 Å². The number of carbonyl (C=O) groups excluding carboxylic acids is 2. The number of β-amino-alcohol motifs (C(OH)–C–C–N with tert-alkyl or cyclic N) is 1. The molecule has 192 valence electrons. The lowest BCUT2D eigenvalue weighted by atomic mass is 9.99. The summed E-state index contributed by atoms with van der Waals surface area (Å²) in [5.74, 6) is -0.183. The number of halogens is 3. The van der Waals surface area contributed by atoms with Gasteiger partial charge in [-0.05, 0) is 65.7 Å². The van der Waals surface area contributed by atoms with E-state index in [1.165, 1.54) is 0 Å². The average Bonchev–Trinajstić information content (AvgIpc) is 3.30. The summed E-state index contributed by atoms with van der Waals surface area (Å²) in [5.41, 5.74) is 2.70. The molecule has 0 aliphatic carbocycles. The Morgan fingerprint density at radius 3 is 1.95 bits per heavy atom. The summed E-state index contributed by atoms with van der Waals surface area (Å²) in [6, 6.07) is 19.2. The zero-order valence-electron chi connectivity index (χ0n) is 20.0. The van der Waals surface area contributed by atoms with Crippen LogP contribution >= 0.6 is 34.8 Å². The topological polar surface area (TPSA) is 64.1 Å². The highest BCUT2D eigenvalue weighted by Gasteiger charge is 2.39. The van der Waals surface area contributed by atoms with Gasteiger partial charge in [-0.3, -0.25) is 14.5 Å². The number of aliphatic hydroxyl groups is 1. The van der Waals surface area contributed by atoms with Gasteiger partial charge in [0.25, 0.3) is 11.8 Å². The number of benzene rings is 3. The number of hydrogen-bond acceptors (Lipinski definition) is 4. The van der Waals surface area contributed by atoms with E-state index in [1.54, 1.807) is 59.5 Å². The molecule has 0 saturated carbocycles. The molecule has 5 rings (SSSR count). The number of hydrogen-bond donors (Lipinski definition) is 1. The maximum absolute atomic E-state index is 13.6. The molecule has 2 aliphatic rings. The van der Waals surface area contributed by atoms with E-state index in [1.807, 2.05) is 17.0 Å². The minimum absolute atomic E-state index is 0.0300. The minimum atomic E-state index is -0.672. The zero-order chi connectivity index (χ0) is 26.1. The van der Waals surface area contributed by atoms with Crippen molar-refractivity contribution in [3.05, 3.63) is 92.9 Å². The molecule has 3 aromatic carbocycles. The number of amides is 2. The Bertz CT molecular complexity index is 1290. The SMILES string of the molecule is O=C(c1ccc(Cl)cc1)N1CCN([C@@H]2CN(C(=O)c3ccc(Cl)cc3-c3ccc(Cl)cc3)C[C@H]2O)CC1. The van der Waals surface area contributed by atoms with Crippen molar-refractivity contribution in [1.29, 1.82) is 0 Å². The summed E-state index contributed by atoms with van der Waals surface area (Å²) in [6.07, 6.45) is -0.672. The minimum Gasteiger partial charge on any atom is -0.390 e. The van der Waals surface area contributed by atoms with Crippen molar-refractivity contribution in [3.8, 4) is 11.1 Å². The molecule has 2 amide bonds. The monoisotopic (exact) mass is 557 g/mol. The predicted octanol–water partition coefficient (Wildman–Crippen LogP) is 4.96. The van der Waals surface area contributed by atoms with E-state index < -0.39 is 6.10 Å². The molecule has 0 unspecified atom stereocenters. The quantitative estimate of drug-likeness (QED) is 0.492. The highest BCUT2D eigenvalue weighted by Crippen LogP contribution is 2.30. The molecule has 1 N–H and O–H groups in total. The molecule has 9 heteroatoms. The molecule has 0 aromatic heterocycles. The van der Waals surface area contributed by atoms with Crippen LogP contribution < -0.4 is 0 Å². The fourth-order valence-electron chi connectivity index (χ4n) is 5.07. The Balaban J connectivity index is 1.26. The maximum Gasteiger partial charge on any atom is 0.254 e. The lowest BCUT2D eigenvalue weighted by molar-refractivity contribution is 0.0376. The van der Waals surface area contributed by atoms with Crippen molar-refractivity contribution in [1.82, 2.24) is 14.7 Å². The normalized spacial score (nSPS) is 20.3. The summed E-state index contributed by atoms with van der Waals surface area (Å²) < 4.78 is 0. The Hall–Kier alpha value is -2.61. The highest BCUT2D eigenvalue weighted by molar-refractivity contribution is 6.31. The number of piperazine rings is 1. The first-order valence-corrected chi connectivity index (χ1v) is 13.3. The second kappa shape index (κ2) is 11.0. The van der Waals surface area contributed by atoms with Gasteiger partial charge in [0.2, 0.25) is 0 Å². The second-order valence-corrected chi connectivity index (χ2v) is 10.7. The second-order valence-electron chi connectivity index (χ2n) is 9.38. The van der Waals surface area contributed by atoms with Gasteiger partial charge in [-0.25, -0.2) is 0 Å². The molecule has 3 aromatic rings. The van der Waals surface area contributed by atoms with Crippen LogP contribution in [-0.2, 0) is 0 Å². The van der Waals surface area contributed by atoms with Gasteiger partial charge in [0.1, 0.15) is 0 Å². The van der Waals surface area contributed by atoms with Crippen LogP contribution in [0.15, 0.2) is 66.7 Å². The van der Waals surface area contributed by atoms with Gasteiger partial charge < -0.3 is 14.9 Å². The maximum atomic E-state index is 13.6. The summed E-state index contributed by atoms with van der Waals surface area (Å²) in [7, 11) is 0. The third-order valence-corrected chi connectivity index (χ3v) is 7.81. The first kappa shape index (κ1) is 26.0. The van der Waals surface area contributed by atoms with Crippen LogP contribution in [0.4, 0.5) is 0 Å². The van der Waals surface area contributed by atoms with Gasteiger partial charge in [-0.15, -0.1) is 0 Å². The zero-order valence-corrected chi connectivity index (χ0v) is 22.3. The molecule has 0 bridgehead atoms. The van der Waals surface area contributed by atoms with Gasteiger partial charge >= 0.3 is 0 Å². The Morgan fingerprint density at radius 2 is 1.30 bits per heavy atom. The largest absolute Gasteiger partial charge is 0.390 e. The first-order chi connectivity index (χ1) is 17.8. The molecule has 2 heterocycles. The molecular weight excluding hydrogens is 533 g/mol. The predicted molar refractivity (Wildman–Crippen MR) is 147 cm³/mol. The molecule has 2 saturated heterocycles. The summed E-state index contributed by atoms with van der Waals surface area (Å²) in [4.78, 5) is 32.1. The van der Waals surface area contributed by atoms with E-state index in [2.05, 4.69) is 4.90 Å². The molecular formula is C28H26Cl3N3O3. The fourth-order valence-corrected chi connectivity index (χ4v) is 5.49. The Labute approximate surface area is 230 Å². The van der Waals surface area contributed by atoms with Gasteiger partial charge in [0, 0.05) is 65.5 Å². The standard InChI is InChI=1S/C28H26Cl3N3O3/c29-20-5-1-18(2-6-20)24-15-22(31)9-10-23(24)28(37)34-16-25(26(35)17-34)32-11-13-33(14-12-32)27(36)19-3-7-21(30)8-4-19/h1-10,15,25-26,35H,11-14,16-17H2/t25-,26-/m1/s1. The average molecular weight is 559 g/mol. The van der Waals surface area contributed by atoms with E-state index in [-0.39, 0.29) is 24.4 Å². The molecule has 0 spiro atoms. The van der Waals surface area contributed by atoms with E-state index in [0.717, 1.165) is 11.1 Å². The van der Waals surface area contributed by atoms with Crippen LogP contribution in [0.3, 0.4) is 0 Å². The van der Waals surface area contributed by atoms with E-state index in [4.69, 9.17) is 34.8 Å². The molecule has 2 aliphatic heterocycles. The Kier molecular flexibility index (Phi) is 7.75. The van der Waals surface area contributed by atoms with Crippen LogP contribution in [0.1, 0.15) is 20.7 Å². The number of aliphatic hydroxyl groups excluding tert-OH is 1. The molecule has 6 nitrogen and oxygen atoms in total. The van der Waals surface area contributed by atoms with Gasteiger partial charge in [0.05, 0.1) is 12.1 Å². The third-order valence-electron chi connectivity index (χ3n) is 7.08. The van der Waals surface area contributed by atoms with Crippen molar-refractivity contribution in [2.45, 2.75) is 12.1 Å².